The van der Waals surface area contributed by atoms with Crippen molar-refractivity contribution in [1.29, 1.82) is 0 Å². The van der Waals surface area contributed by atoms with Gasteiger partial charge in [-0.2, -0.15) is 0 Å². The molecule has 0 bridgehead atoms. The lowest BCUT2D eigenvalue weighted by molar-refractivity contribution is -0.114. The Kier molecular flexibility index (Phi) is 5.01. The third-order valence-electron chi connectivity index (χ3n) is 2.67. The minimum Gasteiger partial charge on any atom is -0.375 e. The van der Waals surface area contributed by atoms with E-state index in [2.05, 4.69) is 10.6 Å². The number of rotatable bonds is 5. The average Bonchev–Trinajstić information content (AvgIpc) is 2.48. The molecule has 104 valence electrons. The van der Waals surface area contributed by atoms with Gasteiger partial charge >= 0.3 is 0 Å². The number of benzene rings is 2. The first kappa shape index (κ1) is 14.4. The summed E-state index contributed by atoms with van der Waals surface area (Å²) in [7, 11) is 0. The van der Waals surface area contributed by atoms with Gasteiger partial charge in [-0.3, -0.25) is 4.79 Å². The van der Waals surface area contributed by atoms with Crippen LogP contribution in [0.2, 0.25) is 0 Å². The van der Waals surface area contributed by atoms with E-state index in [0.717, 1.165) is 10.6 Å². The zero-order chi connectivity index (χ0) is 14.4. The molecule has 5 heteroatoms. The van der Waals surface area contributed by atoms with E-state index in [1.54, 1.807) is 11.8 Å². The number of anilines is 2. The minimum absolute atomic E-state index is 0.162. The molecule has 2 rings (SSSR count). The van der Waals surface area contributed by atoms with Crippen LogP contribution >= 0.6 is 11.8 Å². The van der Waals surface area contributed by atoms with Gasteiger partial charge in [-0.15, -0.1) is 11.8 Å². The van der Waals surface area contributed by atoms with Crippen molar-refractivity contribution in [2.45, 2.75) is 4.90 Å². The van der Waals surface area contributed by atoms with Gasteiger partial charge in [0.2, 0.25) is 5.91 Å². The van der Waals surface area contributed by atoms with Crippen molar-refractivity contribution in [1.82, 2.24) is 0 Å². The molecule has 0 fully saturated rings. The molecule has 0 radical (unpaired) electrons. The fraction of sp³-hybridized carbons (Fsp3) is 0.133. The van der Waals surface area contributed by atoms with Crippen molar-refractivity contribution in [3.63, 3.8) is 0 Å². The first-order chi connectivity index (χ1) is 9.69. The van der Waals surface area contributed by atoms with E-state index in [4.69, 9.17) is 0 Å². The molecular weight excluding hydrogens is 275 g/mol. The van der Waals surface area contributed by atoms with Gasteiger partial charge < -0.3 is 10.6 Å². The lowest BCUT2D eigenvalue weighted by Gasteiger charge is -2.10. The number of hydrogen-bond donors (Lipinski definition) is 2. The summed E-state index contributed by atoms with van der Waals surface area (Å²) in [6.45, 7) is 0.162. The van der Waals surface area contributed by atoms with Crippen molar-refractivity contribution in [2.24, 2.45) is 0 Å². The lowest BCUT2D eigenvalue weighted by Crippen LogP contribution is -2.21. The van der Waals surface area contributed by atoms with Gasteiger partial charge in [0.05, 0.1) is 6.54 Å². The van der Waals surface area contributed by atoms with Crippen LogP contribution in [0.4, 0.5) is 15.8 Å². The van der Waals surface area contributed by atoms with Gasteiger partial charge in [-0.05, 0) is 42.7 Å². The Labute approximate surface area is 121 Å². The van der Waals surface area contributed by atoms with Crippen LogP contribution in [0.15, 0.2) is 53.4 Å². The fourth-order valence-electron chi connectivity index (χ4n) is 1.70. The Bertz CT molecular complexity index is 587. The molecule has 20 heavy (non-hydrogen) atoms. The van der Waals surface area contributed by atoms with Crippen LogP contribution in [-0.2, 0) is 4.79 Å². The first-order valence-corrected chi connectivity index (χ1v) is 7.34. The van der Waals surface area contributed by atoms with E-state index in [-0.39, 0.29) is 18.3 Å². The third-order valence-corrected chi connectivity index (χ3v) is 3.47. The summed E-state index contributed by atoms with van der Waals surface area (Å²) >= 11 is 1.62. The summed E-state index contributed by atoms with van der Waals surface area (Å²) in [5.74, 6) is -0.498. The predicted molar refractivity (Wildman–Crippen MR) is 81.7 cm³/mol. The molecule has 3 nitrogen and oxygen atoms in total. The van der Waals surface area contributed by atoms with E-state index in [9.17, 15) is 9.18 Å². The number of hydrogen-bond acceptors (Lipinski definition) is 3. The molecule has 0 saturated heterocycles. The predicted octanol–water partition coefficient (Wildman–Crippen LogP) is 3.60. The number of thioether (sulfide) groups is 1. The van der Waals surface area contributed by atoms with Crippen molar-refractivity contribution >= 4 is 29.0 Å². The van der Waals surface area contributed by atoms with E-state index in [0.29, 0.717) is 5.69 Å². The highest BCUT2D eigenvalue weighted by Gasteiger charge is 2.04. The first-order valence-electron chi connectivity index (χ1n) is 6.11. The van der Waals surface area contributed by atoms with E-state index in [1.165, 1.54) is 24.3 Å². The van der Waals surface area contributed by atoms with Crippen LogP contribution in [0, 0.1) is 5.82 Å². The van der Waals surface area contributed by atoms with Crippen LogP contribution in [0.5, 0.6) is 0 Å². The van der Waals surface area contributed by atoms with Crippen LogP contribution < -0.4 is 10.6 Å². The molecular formula is C15H15FN2OS. The molecule has 0 aliphatic rings. The molecule has 0 aromatic heterocycles. The molecule has 2 aromatic carbocycles. The summed E-state index contributed by atoms with van der Waals surface area (Å²) in [5.41, 5.74) is 1.51. The molecule has 0 aliphatic carbocycles. The summed E-state index contributed by atoms with van der Waals surface area (Å²) in [5, 5.41) is 5.79. The molecule has 0 unspecified atom stereocenters. The third kappa shape index (κ3) is 3.99. The van der Waals surface area contributed by atoms with Crippen LogP contribution in [0.25, 0.3) is 0 Å². The van der Waals surface area contributed by atoms with E-state index < -0.39 is 0 Å². The van der Waals surface area contributed by atoms with Crippen molar-refractivity contribution in [2.75, 3.05) is 23.4 Å². The fourth-order valence-corrected chi connectivity index (χ4v) is 2.28. The van der Waals surface area contributed by atoms with Gasteiger partial charge in [-0.1, -0.05) is 12.1 Å². The lowest BCUT2D eigenvalue weighted by atomic mass is 10.3. The largest absolute Gasteiger partial charge is 0.375 e. The quantitative estimate of drug-likeness (QED) is 0.827. The van der Waals surface area contributed by atoms with Crippen molar-refractivity contribution in [3.8, 4) is 0 Å². The number of carbonyl (C=O) groups excluding carboxylic acids is 1. The van der Waals surface area contributed by atoms with Gasteiger partial charge in [-0.25, -0.2) is 4.39 Å². The maximum absolute atomic E-state index is 12.7. The minimum atomic E-state index is -0.324. The smallest absolute Gasteiger partial charge is 0.243 e. The second-order valence-electron chi connectivity index (χ2n) is 4.11. The summed E-state index contributed by atoms with van der Waals surface area (Å²) in [4.78, 5) is 12.9. The van der Waals surface area contributed by atoms with Crippen molar-refractivity contribution in [3.05, 3.63) is 54.3 Å². The van der Waals surface area contributed by atoms with Gasteiger partial charge in [0.15, 0.2) is 0 Å². The van der Waals surface area contributed by atoms with E-state index >= 15 is 0 Å². The molecule has 1 amide bonds. The second kappa shape index (κ2) is 6.96. The number of halogens is 1. The number of para-hydroxylation sites is 1. The van der Waals surface area contributed by atoms with Crippen LogP contribution in [0.3, 0.4) is 0 Å². The topological polar surface area (TPSA) is 41.1 Å². The highest BCUT2D eigenvalue weighted by molar-refractivity contribution is 7.98. The maximum Gasteiger partial charge on any atom is 0.243 e. The van der Waals surface area contributed by atoms with Crippen molar-refractivity contribution < 1.29 is 9.18 Å². The number of nitrogens with one attached hydrogen (secondary N) is 2. The summed E-state index contributed by atoms with van der Waals surface area (Å²) < 4.78 is 12.7. The molecule has 0 atom stereocenters. The van der Waals surface area contributed by atoms with Crippen LogP contribution in [-0.4, -0.2) is 18.7 Å². The monoisotopic (exact) mass is 290 g/mol. The van der Waals surface area contributed by atoms with Gasteiger partial charge in [0.1, 0.15) is 5.82 Å². The Morgan fingerprint density at radius 3 is 2.55 bits per heavy atom. The molecule has 2 aromatic rings. The summed E-state index contributed by atoms with van der Waals surface area (Å²) in [6.07, 6.45) is 1.99. The Balaban J connectivity index is 1.90. The number of carbonyl (C=O) groups is 1. The normalized spacial score (nSPS) is 10.1. The molecule has 2 N–H and O–H groups in total. The summed E-state index contributed by atoms with van der Waals surface area (Å²) in [6, 6.07) is 13.5. The Hall–Kier alpha value is -2.01. The SMILES string of the molecule is CSc1ccccc1NCC(=O)Nc1ccc(F)cc1. The standard InChI is InChI=1S/C15H15FN2OS/c1-20-14-5-3-2-4-13(14)17-10-15(19)18-12-8-6-11(16)7-9-12/h2-9,17H,10H2,1H3,(H,18,19). The molecule has 0 spiro atoms. The van der Waals surface area contributed by atoms with E-state index in [1.807, 2.05) is 30.5 Å². The molecule has 0 heterocycles. The zero-order valence-corrected chi connectivity index (χ0v) is 11.8. The second-order valence-corrected chi connectivity index (χ2v) is 4.96. The highest BCUT2D eigenvalue weighted by atomic mass is 32.2. The van der Waals surface area contributed by atoms with Gasteiger partial charge in [0.25, 0.3) is 0 Å². The Morgan fingerprint density at radius 2 is 1.85 bits per heavy atom. The Morgan fingerprint density at radius 1 is 1.15 bits per heavy atom. The van der Waals surface area contributed by atoms with Gasteiger partial charge in [0, 0.05) is 16.3 Å². The molecule has 0 saturated carbocycles. The maximum atomic E-state index is 12.7. The highest BCUT2D eigenvalue weighted by Crippen LogP contribution is 2.24. The average molecular weight is 290 g/mol. The van der Waals surface area contributed by atoms with Crippen LogP contribution in [0.1, 0.15) is 0 Å². The molecule has 0 aliphatic heterocycles. The zero-order valence-electron chi connectivity index (χ0n) is 11.0. The number of amides is 1.